The molecule has 1 fully saturated rings. The Hall–Kier alpha value is -3.53. The largest absolute Gasteiger partial charge is 0.497 e. The summed E-state index contributed by atoms with van der Waals surface area (Å²) in [4.78, 5) is 7.28. The van der Waals surface area contributed by atoms with E-state index in [1.165, 1.54) is 21.9 Å². The van der Waals surface area contributed by atoms with Crippen molar-refractivity contribution in [2.75, 3.05) is 25.1 Å². The number of fused-ring (bicyclic) bond motifs is 2. The number of nitrogens with two attached hydrogens (primary N) is 1. The van der Waals surface area contributed by atoms with Crippen molar-refractivity contribution in [1.29, 1.82) is 0 Å². The van der Waals surface area contributed by atoms with Crippen LogP contribution >= 0.6 is 0 Å². The first-order valence-corrected chi connectivity index (χ1v) is 12.1. The molecule has 0 unspecified atom stereocenters. The van der Waals surface area contributed by atoms with E-state index >= 15 is 0 Å². The quantitative estimate of drug-likeness (QED) is 0.435. The fourth-order valence-electron chi connectivity index (χ4n) is 5.93. The minimum Gasteiger partial charge on any atom is -0.497 e. The molecule has 2 aliphatic rings. The number of hydrogen-bond donors (Lipinski definition) is 1. The number of ether oxygens (including phenoxy) is 1. The van der Waals surface area contributed by atoms with Crippen molar-refractivity contribution in [3.8, 4) is 17.1 Å². The molecule has 2 N–H and O–H groups in total. The summed E-state index contributed by atoms with van der Waals surface area (Å²) in [6.45, 7) is 3.67. The SMILES string of the molecule is COc1ccc2c(c1)CC1(CCN(c3nc(C)c(-c4cc(C(N)(F)F)nn4C)n4nccc34)CC1)C2. The first-order chi connectivity index (χ1) is 17.2. The molecule has 0 bridgehead atoms. The summed E-state index contributed by atoms with van der Waals surface area (Å²) in [5.74, 6) is 1.79. The van der Waals surface area contributed by atoms with Crippen molar-refractivity contribution < 1.29 is 13.5 Å². The highest BCUT2D eigenvalue weighted by molar-refractivity contribution is 5.74. The van der Waals surface area contributed by atoms with Gasteiger partial charge in [-0.3, -0.25) is 10.4 Å². The zero-order valence-electron chi connectivity index (χ0n) is 20.6. The summed E-state index contributed by atoms with van der Waals surface area (Å²) in [6.07, 6.45) is 6.04. The predicted molar refractivity (Wildman–Crippen MR) is 132 cm³/mol. The summed E-state index contributed by atoms with van der Waals surface area (Å²) < 4.78 is 36.1. The summed E-state index contributed by atoms with van der Waals surface area (Å²) in [5, 5.41) is 8.44. The molecule has 4 heterocycles. The van der Waals surface area contributed by atoms with Crippen molar-refractivity contribution in [3.05, 3.63) is 59.0 Å². The number of methoxy groups -OCH3 is 1. The van der Waals surface area contributed by atoms with E-state index in [2.05, 4.69) is 33.3 Å². The Morgan fingerprint density at radius 1 is 1.08 bits per heavy atom. The standard InChI is InChI=1S/C26H29F2N7O/c1-16-23(21-13-22(26(27,28)29)32-33(21)2)35-20(6-9-30-35)24(31-16)34-10-7-25(8-11-34)14-17-4-5-19(36-3)12-18(17)15-25/h4-6,9,12-13H,7-8,10-11,14-15,29H2,1-3H3. The molecule has 36 heavy (non-hydrogen) atoms. The number of anilines is 1. The Labute approximate surface area is 207 Å². The van der Waals surface area contributed by atoms with E-state index in [0.29, 0.717) is 17.1 Å². The number of nitrogens with zero attached hydrogens (tertiary/aromatic N) is 6. The maximum Gasteiger partial charge on any atom is 0.345 e. The van der Waals surface area contributed by atoms with Gasteiger partial charge in [-0.1, -0.05) is 6.07 Å². The smallest absolute Gasteiger partial charge is 0.345 e. The molecule has 1 aliphatic carbocycles. The molecule has 4 aromatic rings. The second-order valence-electron chi connectivity index (χ2n) is 10.1. The van der Waals surface area contributed by atoms with E-state index in [1.807, 2.05) is 13.0 Å². The molecule has 1 aliphatic heterocycles. The van der Waals surface area contributed by atoms with Gasteiger partial charge in [0.05, 0.1) is 24.7 Å². The number of piperidine rings is 1. The predicted octanol–water partition coefficient (Wildman–Crippen LogP) is 3.84. The lowest BCUT2D eigenvalue weighted by Crippen LogP contribution is -2.41. The number of benzene rings is 1. The third-order valence-electron chi connectivity index (χ3n) is 7.83. The van der Waals surface area contributed by atoms with Crippen LogP contribution in [0.2, 0.25) is 0 Å². The van der Waals surface area contributed by atoms with Gasteiger partial charge in [-0.15, -0.1) is 0 Å². The average Bonchev–Trinajstić information content (AvgIpc) is 3.55. The van der Waals surface area contributed by atoms with Crippen LogP contribution in [0.3, 0.4) is 0 Å². The van der Waals surface area contributed by atoms with Crippen LogP contribution in [0, 0.1) is 12.3 Å². The minimum absolute atomic E-state index is 0.273. The Balaban J connectivity index is 1.29. The van der Waals surface area contributed by atoms with Gasteiger partial charge in [0.25, 0.3) is 0 Å². The highest BCUT2D eigenvalue weighted by Gasteiger charge is 2.40. The van der Waals surface area contributed by atoms with Crippen LogP contribution in [0.15, 0.2) is 36.5 Å². The van der Waals surface area contributed by atoms with Gasteiger partial charge in [0, 0.05) is 20.1 Å². The van der Waals surface area contributed by atoms with Crippen LogP contribution < -0.4 is 15.4 Å². The van der Waals surface area contributed by atoms with E-state index in [4.69, 9.17) is 15.5 Å². The molecule has 0 amide bonds. The number of hydrogen-bond acceptors (Lipinski definition) is 6. The fourth-order valence-corrected chi connectivity index (χ4v) is 5.93. The fraction of sp³-hybridized carbons (Fsp3) is 0.423. The Morgan fingerprint density at radius 2 is 1.83 bits per heavy atom. The number of aryl methyl sites for hydroxylation is 2. The molecule has 188 valence electrons. The molecule has 8 nitrogen and oxygen atoms in total. The summed E-state index contributed by atoms with van der Waals surface area (Å²) in [7, 11) is 3.33. The zero-order chi connectivity index (χ0) is 25.2. The number of halogens is 2. The highest BCUT2D eigenvalue weighted by atomic mass is 19.3. The molecule has 1 aromatic carbocycles. The summed E-state index contributed by atoms with van der Waals surface area (Å²) >= 11 is 0. The van der Waals surface area contributed by atoms with Crippen molar-refractivity contribution in [3.63, 3.8) is 0 Å². The van der Waals surface area contributed by atoms with Crippen molar-refractivity contribution in [1.82, 2.24) is 24.4 Å². The van der Waals surface area contributed by atoms with Gasteiger partial charge >= 0.3 is 6.05 Å². The molecular weight excluding hydrogens is 464 g/mol. The lowest BCUT2D eigenvalue weighted by Gasteiger charge is -2.40. The first kappa shape index (κ1) is 22.9. The van der Waals surface area contributed by atoms with E-state index in [9.17, 15) is 8.78 Å². The molecule has 0 radical (unpaired) electrons. The van der Waals surface area contributed by atoms with E-state index < -0.39 is 11.7 Å². The molecule has 1 spiro atoms. The van der Waals surface area contributed by atoms with Crippen molar-refractivity contribution in [2.24, 2.45) is 18.2 Å². The van der Waals surface area contributed by atoms with Crippen LogP contribution in [-0.4, -0.2) is 44.6 Å². The average molecular weight is 494 g/mol. The van der Waals surface area contributed by atoms with Crippen LogP contribution in [-0.2, 0) is 25.9 Å². The lowest BCUT2D eigenvalue weighted by atomic mass is 9.76. The normalized spacial score (nSPS) is 17.2. The zero-order valence-corrected chi connectivity index (χ0v) is 20.6. The second kappa shape index (κ2) is 7.99. The van der Waals surface area contributed by atoms with Gasteiger partial charge < -0.3 is 9.64 Å². The second-order valence-corrected chi connectivity index (χ2v) is 10.1. The molecular formula is C26H29F2N7O. The van der Waals surface area contributed by atoms with Gasteiger partial charge in [-0.2, -0.15) is 19.0 Å². The summed E-state index contributed by atoms with van der Waals surface area (Å²) in [6, 6.07) is 6.15. The third kappa shape index (κ3) is 3.62. The molecule has 10 heteroatoms. The van der Waals surface area contributed by atoms with E-state index in [-0.39, 0.29) is 5.41 Å². The highest BCUT2D eigenvalue weighted by Crippen LogP contribution is 2.46. The Morgan fingerprint density at radius 3 is 2.53 bits per heavy atom. The van der Waals surface area contributed by atoms with E-state index in [1.54, 1.807) is 24.9 Å². The van der Waals surface area contributed by atoms with Crippen LogP contribution in [0.1, 0.15) is 35.4 Å². The molecule has 1 saturated heterocycles. The summed E-state index contributed by atoms with van der Waals surface area (Å²) in [5.41, 5.74) is 10.3. The van der Waals surface area contributed by atoms with Crippen LogP contribution in [0.4, 0.5) is 14.6 Å². The van der Waals surface area contributed by atoms with Crippen LogP contribution in [0.5, 0.6) is 5.75 Å². The number of aromatic nitrogens is 5. The lowest BCUT2D eigenvalue weighted by molar-refractivity contribution is -0.00215. The van der Waals surface area contributed by atoms with E-state index in [0.717, 1.165) is 55.9 Å². The Bertz CT molecular complexity index is 1460. The Kier molecular flexibility index (Phi) is 5.08. The number of alkyl halides is 2. The first-order valence-electron chi connectivity index (χ1n) is 12.1. The minimum atomic E-state index is -3.52. The van der Waals surface area contributed by atoms with Crippen LogP contribution in [0.25, 0.3) is 16.9 Å². The van der Waals surface area contributed by atoms with Gasteiger partial charge in [-0.25, -0.2) is 9.50 Å². The monoisotopic (exact) mass is 493 g/mol. The molecule has 3 aromatic heterocycles. The van der Waals surface area contributed by atoms with Crippen molar-refractivity contribution >= 4 is 11.3 Å². The van der Waals surface area contributed by atoms with Crippen molar-refractivity contribution in [2.45, 2.75) is 38.7 Å². The van der Waals surface area contributed by atoms with Gasteiger partial charge in [0.15, 0.2) is 5.82 Å². The van der Waals surface area contributed by atoms with Gasteiger partial charge in [0.2, 0.25) is 0 Å². The maximum atomic E-state index is 13.7. The third-order valence-corrected chi connectivity index (χ3v) is 7.83. The van der Waals surface area contributed by atoms with Gasteiger partial charge in [-0.05, 0) is 73.4 Å². The van der Waals surface area contributed by atoms with Gasteiger partial charge in [0.1, 0.15) is 22.7 Å². The topological polar surface area (TPSA) is 86.5 Å². The molecule has 6 rings (SSSR count). The number of rotatable bonds is 4. The maximum absolute atomic E-state index is 13.7. The molecule has 0 saturated carbocycles. The molecule has 0 atom stereocenters.